The number of hydrogen-bond donors (Lipinski definition) is 1. The summed E-state index contributed by atoms with van der Waals surface area (Å²) in [4.78, 5) is 0. The van der Waals surface area contributed by atoms with Gasteiger partial charge in [-0.15, -0.1) is 0 Å². The van der Waals surface area contributed by atoms with Gasteiger partial charge >= 0.3 is 0 Å². The van der Waals surface area contributed by atoms with Gasteiger partial charge in [0.05, 0.1) is 34.2 Å². The molecule has 2 heterocycles. The molecule has 4 rings (SSSR count). The highest BCUT2D eigenvalue weighted by atomic mass is 35.5. The SMILES string of the molecule is CC1CCC23OC(=N)C(C#N)(C2C1)C(C#N)(C#N)C(c1ccc(Cl)c(Cl)c1)O3. The van der Waals surface area contributed by atoms with Gasteiger partial charge in [-0.3, -0.25) is 5.41 Å². The van der Waals surface area contributed by atoms with E-state index < -0.39 is 28.6 Å². The highest BCUT2D eigenvalue weighted by Gasteiger charge is 2.80. The van der Waals surface area contributed by atoms with Gasteiger partial charge in [-0.2, -0.15) is 15.8 Å². The third-order valence-electron chi connectivity index (χ3n) is 6.42. The van der Waals surface area contributed by atoms with Crippen molar-refractivity contribution < 1.29 is 9.47 Å². The van der Waals surface area contributed by atoms with Crippen molar-refractivity contribution in [3.8, 4) is 18.2 Å². The van der Waals surface area contributed by atoms with Crippen molar-refractivity contribution in [2.75, 3.05) is 0 Å². The summed E-state index contributed by atoms with van der Waals surface area (Å²) in [6, 6.07) is 11.0. The fourth-order valence-corrected chi connectivity index (χ4v) is 5.31. The Kier molecular flexibility index (Phi) is 4.15. The van der Waals surface area contributed by atoms with Crippen molar-refractivity contribution in [3.05, 3.63) is 33.8 Å². The summed E-state index contributed by atoms with van der Waals surface area (Å²) in [6.45, 7) is 2.05. The van der Waals surface area contributed by atoms with Crippen molar-refractivity contribution in [1.29, 1.82) is 21.2 Å². The van der Waals surface area contributed by atoms with Gasteiger partial charge < -0.3 is 9.47 Å². The number of nitrogens with zero attached hydrogens (tertiary/aromatic N) is 3. The second-order valence-corrected chi connectivity index (χ2v) is 8.61. The van der Waals surface area contributed by atoms with E-state index in [9.17, 15) is 15.8 Å². The Hall–Kier alpha value is -2.30. The zero-order valence-corrected chi connectivity index (χ0v) is 16.5. The Morgan fingerprint density at radius 3 is 2.46 bits per heavy atom. The topological polar surface area (TPSA) is 114 Å². The van der Waals surface area contributed by atoms with Crippen molar-refractivity contribution in [2.24, 2.45) is 22.7 Å². The molecule has 1 aromatic carbocycles. The molecule has 3 aliphatic rings. The number of hydrogen-bond acceptors (Lipinski definition) is 6. The summed E-state index contributed by atoms with van der Waals surface area (Å²) >= 11 is 12.2. The van der Waals surface area contributed by atoms with Crippen LogP contribution in [0.1, 0.15) is 37.9 Å². The van der Waals surface area contributed by atoms with Crippen LogP contribution in [0.3, 0.4) is 0 Å². The van der Waals surface area contributed by atoms with E-state index in [0.29, 0.717) is 23.4 Å². The molecule has 2 bridgehead atoms. The first-order valence-corrected chi connectivity index (χ1v) is 9.70. The highest BCUT2D eigenvalue weighted by Crippen LogP contribution is 2.70. The summed E-state index contributed by atoms with van der Waals surface area (Å²) in [5, 5.41) is 39.7. The van der Waals surface area contributed by atoms with Crippen LogP contribution >= 0.6 is 23.2 Å². The molecule has 6 nitrogen and oxygen atoms in total. The van der Waals surface area contributed by atoms with Crippen molar-refractivity contribution in [1.82, 2.24) is 0 Å². The monoisotopic (exact) mass is 414 g/mol. The van der Waals surface area contributed by atoms with Crippen molar-refractivity contribution >= 4 is 29.1 Å². The Bertz CT molecular complexity index is 993. The first-order valence-electron chi connectivity index (χ1n) is 8.95. The maximum absolute atomic E-state index is 10.2. The molecule has 0 aromatic heterocycles. The molecule has 5 unspecified atom stereocenters. The number of halogens is 2. The van der Waals surface area contributed by atoms with Crippen LogP contribution in [0.25, 0.3) is 0 Å². The van der Waals surface area contributed by atoms with Gasteiger partial charge in [-0.25, -0.2) is 0 Å². The van der Waals surface area contributed by atoms with Gasteiger partial charge in [-0.05, 0) is 36.5 Å². The summed E-state index contributed by atoms with van der Waals surface area (Å²) in [6.07, 6.45) is 0.708. The van der Waals surface area contributed by atoms with Crippen molar-refractivity contribution in [3.63, 3.8) is 0 Å². The second-order valence-electron chi connectivity index (χ2n) is 7.80. The Morgan fingerprint density at radius 2 is 1.86 bits per heavy atom. The predicted octanol–water partition coefficient (Wildman–Crippen LogP) is 4.75. The molecule has 0 radical (unpaired) electrons. The van der Waals surface area contributed by atoms with Gasteiger partial charge in [0.25, 0.3) is 0 Å². The molecule has 5 atom stereocenters. The molecule has 28 heavy (non-hydrogen) atoms. The predicted molar refractivity (Wildman–Crippen MR) is 100 cm³/mol. The minimum atomic E-state index is -1.96. The summed E-state index contributed by atoms with van der Waals surface area (Å²) < 4.78 is 12.2. The van der Waals surface area contributed by atoms with E-state index in [1.165, 1.54) is 6.07 Å². The lowest BCUT2D eigenvalue weighted by Crippen LogP contribution is -2.60. The zero-order chi connectivity index (χ0) is 20.3. The molecule has 0 amide bonds. The molecule has 8 heteroatoms. The van der Waals surface area contributed by atoms with Crippen LogP contribution in [0.2, 0.25) is 10.0 Å². The van der Waals surface area contributed by atoms with Crippen LogP contribution in [-0.4, -0.2) is 11.7 Å². The molecule has 0 spiro atoms. The number of rotatable bonds is 1. The molecule has 142 valence electrons. The van der Waals surface area contributed by atoms with Crippen LogP contribution in [0, 0.1) is 62.1 Å². The van der Waals surface area contributed by atoms with Gasteiger partial charge in [0.15, 0.2) is 5.41 Å². The molecule has 1 N–H and O–H groups in total. The van der Waals surface area contributed by atoms with Crippen LogP contribution in [0.4, 0.5) is 0 Å². The normalized spacial score (nSPS) is 37.7. The van der Waals surface area contributed by atoms with Gasteiger partial charge in [-0.1, -0.05) is 36.2 Å². The number of nitrogens with one attached hydrogen (secondary N) is 1. The average Bonchev–Trinajstić information content (AvgIpc) is 2.88. The minimum Gasteiger partial charge on any atom is -0.447 e. The van der Waals surface area contributed by atoms with Gasteiger partial charge in [0.2, 0.25) is 17.1 Å². The van der Waals surface area contributed by atoms with Crippen LogP contribution < -0.4 is 0 Å². The van der Waals surface area contributed by atoms with E-state index in [2.05, 4.69) is 6.07 Å². The average molecular weight is 415 g/mol. The molecular formula is C20H16Cl2N4O2. The Labute approximate surface area is 172 Å². The zero-order valence-electron chi connectivity index (χ0n) is 15.0. The summed E-state index contributed by atoms with van der Waals surface area (Å²) in [7, 11) is 0. The molecule has 3 fully saturated rings. The van der Waals surface area contributed by atoms with Crippen molar-refractivity contribution in [2.45, 2.75) is 38.1 Å². The summed E-state index contributed by atoms with van der Waals surface area (Å²) in [5.74, 6) is -1.87. The number of nitriles is 3. The van der Waals surface area contributed by atoms with E-state index >= 15 is 0 Å². The largest absolute Gasteiger partial charge is 0.447 e. The molecule has 1 aromatic rings. The number of benzene rings is 1. The standard InChI is InChI=1S/C20H16Cl2N4O2/c1-11-4-5-20-15(6-11)19(10-25,17(26)28-20)18(8-23,9-24)16(27-20)12-2-3-13(21)14(22)7-12/h2-3,7,11,15-16,26H,4-6H2,1H3. The van der Waals surface area contributed by atoms with Crippen LogP contribution in [0.5, 0.6) is 0 Å². The fraction of sp³-hybridized carbons (Fsp3) is 0.500. The highest BCUT2D eigenvalue weighted by molar-refractivity contribution is 6.42. The Balaban J connectivity index is 1.99. The maximum atomic E-state index is 10.2. The van der Waals surface area contributed by atoms with E-state index in [0.717, 1.165) is 6.42 Å². The molecule has 1 aliphatic carbocycles. The summed E-state index contributed by atoms with van der Waals surface area (Å²) in [5.41, 5.74) is -3.23. The lowest BCUT2D eigenvalue weighted by molar-refractivity contribution is -0.298. The van der Waals surface area contributed by atoms with E-state index in [1.807, 2.05) is 19.1 Å². The number of ether oxygens (including phenoxy) is 2. The van der Waals surface area contributed by atoms with E-state index in [1.54, 1.807) is 12.1 Å². The second kappa shape index (κ2) is 6.10. The van der Waals surface area contributed by atoms with Gasteiger partial charge in [0.1, 0.15) is 6.10 Å². The first-order chi connectivity index (χ1) is 13.3. The Morgan fingerprint density at radius 1 is 1.14 bits per heavy atom. The lowest BCUT2D eigenvalue weighted by atomic mass is 9.50. The van der Waals surface area contributed by atoms with Gasteiger partial charge in [0, 0.05) is 6.42 Å². The third-order valence-corrected chi connectivity index (χ3v) is 7.16. The van der Waals surface area contributed by atoms with Crippen LogP contribution in [0.15, 0.2) is 18.2 Å². The fourth-order valence-electron chi connectivity index (χ4n) is 5.00. The lowest BCUT2D eigenvalue weighted by Gasteiger charge is -2.52. The van der Waals surface area contributed by atoms with E-state index in [4.69, 9.17) is 38.1 Å². The minimum absolute atomic E-state index is 0.249. The first kappa shape index (κ1) is 19.0. The molecular weight excluding hydrogens is 399 g/mol. The molecule has 2 saturated heterocycles. The third kappa shape index (κ3) is 2.08. The molecule has 1 saturated carbocycles. The smallest absolute Gasteiger partial charge is 0.217 e. The molecule has 2 aliphatic heterocycles. The quantitative estimate of drug-likeness (QED) is 0.711. The van der Waals surface area contributed by atoms with Crippen LogP contribution in [-0.2, 0) is 9.47 Å². The van der Waals surface area contributed by atoms with E-state index in [-0.39, 0.29) is 16.8 Å². The maximum Gasteiger partial charge on any atom is 0.217 e.